The maximum absolute atomic E-state index is 11.0. The molecule has 0 spiro atoms. The quantitative estimate of drug-likeness (QED) is 0.632. The van der Waals surface area contributed by atoms with Crippen LogP contribution in [0.25, 0.3) is 0 Å². The molecule has 0 unspecified atom stereocenters. The number of rotatable bonds is 6. The largest absolute Gasteiger partial charge is 0.491 e. The summed E-state index contributed by atoms with van der Waals surface area (Å²) >= 11 is 0. The highest BCUT2D eigenvalue weighted by Crippen LogP contribution is 2.21. The van der Waals surface area contributed by atoms with Gasteiger partial charge in [0, 0.05) is 12.2 Å². The van der Waals surface area contributed by atoms with Crippen molar-refractivity contribution >= 4 is 15.8 Å². The van der Waals surface area contributed by atoms with Gasteiger partial charge < -0.3 is 10.1 Å². The third-order valence-corrected chi connectivity index (χ3v) is 4.00. The van der Waals surface area contributed by atoms with Crippen LogP contribution < -0.4 is 10.1 Å². The molecule has 0 radical (unpaired) electrons. The SMILES string of the molecule is Cc1cccc(NCCOc2ccc(S(=O)(=O)O)cc2C)c1. The summed E-state index contributed by atoms with van der Waals surface area (Å²) in [4.78, 5) is -0.129. The van der Waals surface area contributed by atoms with E-state index in [4.69, 9.17) is 9.29 Å². The number of benzene rings is 2. The van der Waals surface area contributed by atoms with Gasteiger partial charge in [-0.2, -0.15) is 8.42 Å². The van der Waals surface area contributed by atoms with E-state index >= 15 is 0 Å². The second-order valence-electron chi connectivity index (χ2n) is 5.05. The molecule has 6 heteroatoms. The fourth-order valence-electron chi connectivity index (χ4n) is 2.06. The first-order valence-electron chi connectivity index (χ1n) is 6.88. The zero-order valence-electron chi connectivity index (χ0n) is 12.5. The Balaban J connectivity index is 1.90. The van der Waals surface area contributed by atoms with Crippen LogP contribution in [0.3, 0.4) is 0 Å². The van der Waals surface area contributed by atoms with Crippen LogP contribution in [0.5, 0.6) is 5.75 Å². The van der Waals surface area contributed by atoms with E-state index in [-0.39, 0.29) is 4.90 Å². The van der Waals surface area contributed by atoms with Crippen molar-refractivity contribution < 1.29 is 17.7 Å². The van der Waals surface area contributed by atoms with E-state index in [1.54, 1.807) is 13.0 Å². The molecule has 2 aromatic carbocycles. The number of aryl methyl sites for hydroxylation is 2. The number of ether oxygens (including phenoxy) is 1. The fraction of sp³-hybridized carbons (Fsp3) is 0.250. The molecule has 22 heavy (non-hydrogen) atoms. The molecular weight excluding hydrogens is 302 g/mol. The molecule has 0 aromatic heterocycles. The highest BCUT2D eigenvalue weighted by Gasteiger charge is 2.11. The molecule has 0 saturated heterocycles. The van der Waals surface area contributed by atoms with Crippen LogP contribution in [-0.2, 0) is 10.1 Å². The van der Waals surface area contributed by atoms with E-state index in [1.165, 1.54) is 17.7 Å². The summed E-state index contributed by atoms with van der Waals surface area (Å²) in [5.74, 6) is 0.596. The molecule has 0 atom stereocenters. The van der Waals surface area contributed by atoms with Crippen LogP contribution in [0.1, 0.15) is 11.1 Å². The van der Waals surface area contributed by atoms with Gasteiger partial charge in [0.15, 0.2) is 0 Å². The lowest BCUT2D eigenvalue weighted by Crippen LogP contribution is -2.12. The first-order valence-corrected chi connectivity index (χ1v) is 8.32. The van der Waals surface area contributed by atoms with Gasteiger partial charge in [-0.25, -0.2) is 0 Å². The Morgan fingerprint density at radius 2 is 1.91 bits per heavy atom. The van der Waals surface area contributed by atoms with Gasteiger partial charge in [0.2, 0.25) is 0 Å². The molecule has 2 rings (SSSR count). The van der Waals surface area contributed by atoms with Gasteiger partial charge in [-0.05, 0) is 55.3 Å². The van der Waals surface area contributed by atoms with E-state index < -0.39 is 10.1 Å². The Morgan fingerprint density at radius 1 is 1.14 bits per heavy atom. The standard InChI is InChI=1S/C16H19NO4S/c1-12-4-3-5-14(10-12)17-8-9-21-16-7-6-15(11-13(16)2)22(18,19)20/h3-7,10-11,17H,8-9H2,1-2H3,(H,18,19,20). The second-order valence-corrected chi connectivity index (χ2v) is 6.47. The average molecular weight is 321 g/mol. The predicted molar refractivity (Wildman–Crippen MR) is 86.2 cm³/mol. The first kappa shape index (κ1) is 16.3. The monoisotopic (exact) mass is 321 g/mol. The van der Waals surface area contributed by atoms with Crippen molar-refractivity contribution in [2.24, 2.45) is 0 Å². The topological polar surface area (TPSA) is 75.6 Å². The van der Waals surface area contributed by atoms with Gasteiger partial charge in [-0.1, -0.05) is 12.1 Å². The van der Waals surface area contributed by atoms with Crippen LogP contribution in [0.15, 0.2) is 47.4 Å². The molecular formula is C16H19NO4S. The maximum atomic E-state index is 11.0. The summed E-state index contributed by atoms with van der Waals surface area (Å²) in [5, 5.41) is 3.25. The van der Waals surface area contributed by atoms with Crippen LogP contribution in [-0.4, -0.2) is 26.1 Å². The van der Waals surface area contributed by atoms with Crippen molar-refractivity contribution in [1.29, 1.82) is 0 Å². The second kappa shape index (κ2) is 6.81. The lowest BCUT2D eigenvalue weighted by molar-refractivity contribution is 0.330. The van der Waals surface area contributed by atoms with Crippen LogP contribution in [0.4, 0.5) is 5.69 Å². The zero-order valence-corrected chi connectivity index (χ0v) is 13.4. The molecule has 5 nitrogen and oxygen atoms in total. The summed E-state index contributed by atoms with van der Waals surface area (Å²) in [7, 11) is -4.18. The molecule has 0 aliphatic rings. The smallest absolute Gasteiger partial charge is 0.294 e. The predicted octanol–water partition coefficient (Wildman–Crippen LogP) is 3.04. The zero-order chi connectivity index (χ0) is 16.2. The molecule has 0 aliphatic carbocycles. The Bertz CT molecular complexity index is 756. The minimum atomic E-state index is -4.18. The minimum absolute atomic E-state index is 0.129. The Morgan fingerprint density at radius 3 is 2.55 bits per heavy atom. The van der Waals surface area contributed by atoms with Gasteiger partial charge in [0.05, 0.1) is 4.90 Å². The lowest BCUT2D eigenvalue weighted by atomic mass is 10.2. The third kappa shape index (κ3) is 4.47. The Labute approximate surface area is 130 Å². The summed E-state index contributed by atoms with van der Waals surface area (Å²) in [6.07, 6.45) is 0. The van der Waals surface area contributed by atoms with E-state index in [9.17, 15) is 8.42 Å². The van der Waals surface area contributed by atoms with Crippen molar-refractivity contribution in [3.63, 3.8) is 0 Å². The first-order chi connectivity index (χ1) is 10.4. The molecule has 2 aromatic rings. The van der Waals surface area contributed by atoms with Gasteiger partial charge >= 0.3 is 0 Å². The van der Waals surface area contributed by atoms with Crippen molar-refractivity contribution in [3.8, 4) is 5.75 Å². The molecule has 0 saturated carbocycles. The Hall–Kier alpha value is -2.05. The van der Waals surface area contributed by atoms with Gasteiger partial charge in [-0.3, -0.25) is 4.55 Å². The minimum Gasteiger partial charge on any atom is -0.491 e. The summed E-state index contributed by atoms with van der Waals surface area (Å²) in [5.41, 5.74) is 2.87. The molecule has 0 bridgehead atoms. The van der Waals surface area contributed by atoms with Crippen LogP contribution in [0.2, 0.25) is 0 Å². The lowest BCUT2D eigenvalue weighted by Gasteiger charge is -2.11. The third-order valence-electron chi connectivity index (χ3n) is 3.15. The molecule has 118 valence electrons. The number of nitrogens with one attached hydrogen (secondary N) is 1. The van der Waals surface area contributed by atoms with Gasteiger partial charge in [0.25, 0.3) is 10.1 Å². The molecule has 2 N–H and O–H groups in total. The van der Waals surface area contributed by atoms with Crippen LogP contribution >= 0.6 is 0 Å². The van der Waals surface area contributed by atoms with Gasteiger partial charge in [-0.15, -0.1) is 0 Å². The maximum Gasteiger partial charge on any atom is 0.294 e. The number of hydrogen-bond acceptors (Lipinski definition) is 4. The van der Waals surface area contributed by atoms with E-state index in [2.05, 4.69) is 5.32 Å². The fourth-order valence-corrected chi connectivity index (χ4v) is 2.62. The molecule has 0 aliphatic heterocycles. The highest BCUT2D eigenvalue weighted by molar-refractivity contribution is 7.85. The summed E-state index contributed by atoms with van der Waals surface area (Å²) < 4.78 is 36.7. The normalized spacial score (nSPS) is 11.2. The van der Waals surface area contributed by atoms with E-state index in [0.717, 1.165) is 5.69 Å². The van der Waals surface area contributed by atoms with E-state index in [0.29, 0.717) is 24.5 Å². The molecule has 0 heterocycles. The summed E-state index contributed by atoms with van der Waals surface area (Å²) in [6.45, 7) is 4.84. The van der Waals surface area contributed by atoms with Crippen molar-refractivity contribution in [2.75, 3.05) is 18.5 Å². The van der Waals surface area contributed by atoms with Crippen molar-refractivity contribution in [1.82, 2.24) is 0 Å². The molecule has 0 amide bonds. The Kier molecular flexibility index (Phi) is 5.05. The van der Waals surface area contributed by atoms with E-state index in [1.807, 2.05) is 31.2 Å². The van der Waals surface area contributed by atoms with Crippen molar-refractivity contribution in [3.05, 3.63) is 53.6 Å². The van der Waals surface area contributed by atoms with Gasteiger partial charge in [0.1, 0.15) is 12.4 Å². The molecule has 0 fully saturated rings. The number of hydrogen-bond donors (Lipinski definition) is 2. The number of anilines is 1. The van der Waals surface area contributed by atoms with Crippen molar-refractivity contribution in [2.45, 2.75) is 18.7 Å². The highest BCUT2D eigenvalue weighted by atomic mass is 32.2. The summed E-state index contributed by atoms with van der Waals surface area (Å²) in [6, 6.07) is 12.3. The average Bonchev–Trinajstić information content (AvgIpc) is 2.44. The van der Waals surface area contributed by atoms with Crippen LogP contribution in [0, 0.1) is 13.8 Å².